The van der Waals surface area contributed by atoms with Gasteiger partial charge in [-0.05, 0) is 59.9 Å². The third-order valence-electron chi connectivity index (χ3n) is 5.90. The van der Waals surface area contributed by atoms with Crippen LogP contribution in [0.15, 0.2) is 81.3 Å². The molecule has 0 radical (unpaired) electrons. The molecule has 1 aromatic heterocycles. The fourth-order valence-electron chi connectivity index (χ4n) is 3.67. The van der Waals surface area contributed by atoms with Crippen molar-refractivity contribution < 1.29 is 4.79 Å². The summed E-state index contributed by atoms with van der Waals surface area (Å²) >= 11 is 1.51. The topological polar surface area (TPSA) is 80.1 Å². The lowest BCUT2D eigenvalue weighted by atomic mass is 10.0. The van der Waals surface area contributed by atoms with Crippen LogP contribution < -0.4 is 5.32 Å². The number of rotatable bonds is 8. The van der Waals surface area contributed by atoms with E-state index in [9.17, 15) is 4.79 Å². The number of nitrogens with zero attached hydrogens (tertiary/aromatic N) is 4. The van der Waals surface area contributed by atoms with E-state index in [2.05, 4.69) is 40.2 Å². The highest BCUT2D eigenvalue weighted by Gasteiger charge is 2.28. The zero-order chi connectivity index (χ0) is 23.5. The first-order valence-corrected chi connectivity index (χ1v) is 12.5. The fourth-order valence-corrected chi connectivity index (χ4v) is 4.43. The van der Waals surface area contributed by atoms with Crippen LogP contribution in [0.2, 0.25) is 0 Å². The molecule has 172 valence electrons. The van der Waals surface area contributed by atoms with E-state index in [1.165, 1.54) is 17.3 Å². The molecule has 3 aromatic rings. The molecule has 0 atom stereocenters. The molecule has 2 aromatic carbocycles. The number of aromatic nitrogens is 3. The number of benzene rings is 2. The molecule has 1 fully saturated rings. The summed E-state index contributed by atoms with van der Waals surface area (Å²) in [7, 11) is 0. The highest BCUT2D eigenvalue weighted by molar-refractivity contribution is 7.99. The third kappa shape index (κ3) is 5.59. The second-order valence-electron chi connectivity index (χ2n) is 8.99. The van der Waals surface area contributed by atoms with Crippen LogP contribution >= 0.6 is 11.8 Å². The van der Waals surface area contributed by atoms with Gasteiger partial charge in [0.05, 0.1) is 6.54 Å². The maximum atomic E-state index is 12.5. The molecule has 0 amide bonds. The van der Waals surface area contributed by atoms with Crippen molar-refractivity contribution in [2.24, 2.45) is 10.9 Å². The van der Waals surface area contributed by atoms with E-state index < -0.39 is 0 Å². The molecular weight excluding hydrogens is 442 g/mol. The smallest absolute Gasteiger partial charge is 0.232 e. The molecule has 0 saturated heterocycles. The summed E-state index contributed by atoms with van der Waals surface area (Å²) in [6.45, 7) is 5.08. The molecular formula is C27H27N5OS. The van der Waals surface area contributed by atoms with E-state index in [1.54, 1.807) is 0 Å². The Balaban J connectivity index is 1.28. The molecule has 7 heteroatoms. The Bertz CT molecular complexity index is 1250. The molecule has 34 heavy (non-hydrogen) atoms. The summed E-state index contributed by atoms with van der Waals surface area (Å²) in [4.78, 5) is 32.1. The van der Waals surface area contributed by atoms with Crippen molar-refractivity contribution >= 4 is 29.3 Å². The summed E-state index contributed by atoms with van der Waals surface area (Å²) in [5.74, 6) is 3.20. The standard InChI is InChI=1S/C27H27N5OS/c1-17(2)21-15-24(28-16-21)29-26-30-25(20-10-11-20)31-27(32-26)34-22-12-8-18(9-13-22)14-23(33)19-6-4-3-5-7-19/h3-9,12-13,15,17,20H,10-11,14,16H2,1-2H3,(H,28,29,30,31,32). The van der Waals surface area contributed by atoms with Crippen LogP contribution in [-0.2, 0) is 6.42 Å². The molecule has 2 heterocycles. The lowest BCUT2D eigenvalue weighted by Gasteiger charge is -2.08. The molecule has 1 saturated carbocycles. The minimum absolute atomic E-state index is 0.118. The summed E-state index contributed by atoms with van der Waals surface area (Å²) in [6.07, 6.45) is 4.72. The van der Waals surface area contributed by atoms with Crippen LogP contribution in [0.1, 0.15) is 54.4 Å². The average molecular weight is 470 g/mol. The van der Waals surface area contributed by atoms with Gasteiger partial charge in [-0.2, -0.15) is 9.97 Å². The van der Waals surface area contributed by atoms with Gasteiger partial charge in [0.15, 0.2) is 10.9 Å². The van der Waals surface area contributed by atoms with Crippen molar-refractivity contribution in [1.82, 2.24) is 15.0 Å². The minimum atomic E-state index is 0.118. The Kier molecular flexibility index (Phi) is 6.54. The fraction of sp³-hybridized carbons (Fsp3) is 0.296. The number of carbonyl (C=O) groups excluding carboxylic acids is 1. The second kappa shape index (κ2) is 9.89. The quantitative estimate of drug-likeness (QED) is 0.424. The van der Waals surface area contributed by atoms with E-state index in [4.69, 9.17) is 4.98 Å². The normalized spacial score (nSPS) is 15.3. The Morgan fingerprint density at radius 3 is 2.47 bits per heavy atom. The van der Waals surface area contributed by atoms with Crippen LogP contribution in [0.5, 0.6) is 0 Å². The monoisotopic (exact) mass is 469 g/mol. The molecule has 1 aliphatic heterocycles. The predicted molar refractivity (Wildman–Crippen MR) is 136 cm³/mol. The number of aliphatic imine (C=N–C) groups is 1. The minimum Gasteiger partial charge on any atom is -0.309 e. The second-order valence-corrected chi connectivity index (χ2v) is 10.0. The molecule has 6 nitrogen and oxygen atoms in total. The molecule has 5 rings (SSSR count). The Morgan fingerprint density at radius 2 is 1.79 bits per heavy atom. The van der Waals surface area contributed by atoms with Crippen molar-refractivity contribution in [1.29, 1.82) is 0 Å². The van der Waals surface area contributed by atoms with Gasteiger partial charge in [-0.3, -0.25) is 9.79 Å². The summed E-state index contributed by atoms with van der Waals surface area (Å²) in [6, 6.07) is 17.4. The van der Waals surface area contributed by atoms with Crippen LogP contribution in [0.4, 0.5) is 5.95 Å². The largest absolute Gasteiger partial charge is 0.309 e. The maximum Gasteiger partial charge on any atom is 0.232 e. The number of hydrogen-bond acceptors (Lipinski definition) is 7. The van der Waals surface area contributed by atoms with Crippen LogP contribution in [0, 0.1) is 5.92 Å². The number of carbonyl (C=O) groups is 1. The van der Waals surface area contributed by atoms with Crippen molar-refractivity contribution in [3.8, 4) is 0 Å². The Labute approximate surface area is 204 Å². The highest BCUT2D eigenvalue weighted by atomic mass is 32.2. The number of hydrogen-bond donors (Lipinski definition) is 1. The van der Waals surface area contributed by atoms with Crippen LogP contribution in [0.3, 0.4) is 0 Å². The molecule has 0 spiro atoms. The summed E-state index contributed by atoms with van der Waals surface area (Å²) < 4.78 is 0. The van der Waals surface area contributed by atoms with Crippen molar-refractivity contribution in [2.45, 2.75) is 49.1 Å². The number of Topliss-reactive ketones (excluding diaryl/α,β-unsaturated/α-hetero) is 1. The van der Waals surface area contributed by atoms with Gasteiger partial charge in [0.1, 0.15) is 11.7 Å². The average Bonchev–Trinajstić information content (AvgIpc) is 3.59. The Morgan fingerprint density at radius 1 is 1.03 bits per heavy atom. The first kappa shape index (κ1) is 22.5. The van der Waals surface area contributed by atoms with Crippen molar-refractivity contribution in [3.63, 3.8) is 0 Å². The van der Waals surface area contributed by atoms with E-state index in [1.807, 2.05) is 54.6 Å². The Hall–Kier alpha value is -3.32. The maximum absolute atomic E-state index is 12.5. The molecule has 0 unspecified atom stereocenters. The lowest BCUT2D eigenvalue weighted by Crippen LogP contribution is -2.12. The molecule has 0 bridgehead atoms. The number of amidine groups is 1. The number of anilines is 1. The summed E-state index contributed by atoms with van der Waals surface area (Å²) in [5.41, 5.74) is 3.03. The van der Waals surface area contributed by atoms with E-state index in [0.717, 1.165) is 47.1 Å². The molecule has 2 aliphatic rings. The van der Waals surface area contributed by atoms with Gasteiger partial charge in [0.25, 0.3) is 0 Å². The van der Waals surface area contributed by atoms with E-state index >= 15 is 0 Å². The van der Waals surface area contributed by atoms with Crippen LogP contribution in [-0.4, -0.2) is 33.1 Å². The van der Waals surface area contributed by atoms with Gasteiger partial charge in [-0.15, -0.1) is 0 Å². The van der Waals surface area contributed by atoms with Crippen molar-refractivity contribution in [3.05, 3.63) is 83.2 Å². The van der Waals surface area contributed by atoms with Gasteiger partial charge in [0, 0.05) is 22.8 Å². The predicted octanol–water partition coefficient (Wildman–Crippen LogP) is 5.73. The van der Waals surface area contributed by atoms with Gasteiger partial charge in [-0.25, -0.2) is 4.98 Å². The van der Waals surface area contributed by atoms with Crippen molar-refractivity contribution in [2.75, 3.05) is 11.9 Å². The molecule has 1 aliphatic carbocycles. The van der Waals surface area contributed by atoms with Crippen LogP contribution in [0.25, 0.3) is 0 Å². The van der Waals surface area contributed by atoms with Gasteiger partial charge < -0.3 is 5.32 Å². The molecule has 1 N–H and O–H groups in total. The lowest BCUT2D eigenvalue weighted by molar-refractivity contribution is 0.0993. The SMILES string of the molecule is CC(C)C1=CC(Nc2nc(Sc3ccc(CC(=O)c4ccccc4)cc3)nc(C3CC3)n2)=NC1. The van der Waals surface area contributed by atoms with E-state index in [0.29, 0.717) is 29.4 Å². The van der Waals surface area contributed by atoms with Gasteiger partial charge in [0.2, 0.25) is 5.95 Å². The number of nitrogens with one attached hydrogen (secondary N) is 1. The zero-order valence-electron chi connectivity index (χ0n) is 19.4. The zero-order valence-corrected chi connectivity index (χ0v) is 20.2. The first-order valence-electron chi connectivity index (χ1n) is 11.7. The summed E-state index contributed by atoms with van der Waals surface area (Å²) in [5, 5.41) is 3.95. The van der Waals surface area contributed by atoms with Gasteiger partial charge in [-0.1, -0.05) is 56.3 Å². The third-order valence-corrected chi connectivity index (χ3v) is 6.78. The van der Waals surface area contributed by atoms with Gasteiger partial charge >= 0.3 is 0 Å². The number of ketones is 1. The highest BCUT2D eigenvalue weighted by Crippen LogP contribution is 2.39. The van der Waals surface area contributed by atoms with E-state index in [-0.39, 0.29) is 5.78 Å². The first-order chi connectivity index (χ1) is 16.5.